The third-order valence-electron chi connectivity index (χ3n) is 6.54. The van der Waals surface area contributed by atoms with E-state index in [0.29, 0.717) is 11.3 Å². The minimum atomic E-state index is 0.158. The van der Waals surface area contributed by atoms with E-state index in [1.165, 1.54) is 5.56 Å². The van der Waals surface area contributed by atoms with Crippen LogP contribution >= 0.6 is 0 Å². The summed E-state index contributed by atoms with van der Waals surface area (Å²) in [6.45, 7) is 8.87. The van der Waals surface area contributed by atoms with Gasteiger partial charge in [0.25, 0.3) is 0 Å². The van der Waals surface area contributed by atoms with Gasteiger partial charge >= 0.3 is 0 Å². The van der Waals surface area contributed by atoms with Gasteiger partial charge in [0.05, 0.1) is 12.2 Å². The highest BCUT2D eigenvalue weighted by Gasteiger charge is 2.59. The zero-order valence-electron chi connectivity index (χ0n) is 16.6. The van der Waals surface area contributed by atoms with Crippen molar-refractivity contribution < 1.29 is 9.53 Å². The van der Waals surface area contributed by atoms with Crippen LogP contribution in [0.1, 0.15) is 38.7 Å². The summed E-state index contributed by atoms with van der Waals surface area (Å²) in [7, 11) is 0. The lowest BCUT2D eigenvalue weighted by atomic mass is 9.90. The standard InChI is InChI=1S/C23H32N2O2/c1-18-16-25(17-19(2)27-18)22(26)21-15-23(21)10-13-24(14-11-23)12-6-9-20-7-4-3-5-8-20/h3-9,18-19,21H,10-17H2,1-2H3/b9-6+/t18-,19+,21?. The highest BCUT2D eigenvalue weighted by molar-refractivity contribution is 5.83. The van der Waals surface area contributed by atoms with Crippen LogP contribution in [0.15, 0.2) is 36.4 Å². The lowest BCUT2D eigenvalue weighted by molar-refractivity contribution is -0.145. The van der Waals surface area contributed by atoms with Gasteiger partial charge in [0.1, 0.15) is 0 Å². The van der Waals surface area contributed by atoms with Crippen LogP contribution in [0.3, 0.4) is 0 Å². The highest BCUT2D eigenvalue weighted by atomic mass is 16.5. The molecular formula is C23H32N2O2. The number of benzene rings is 1. The molecule has 0 radical (unpaired) electrons. The number of hydrogen-bond acceptors (Lipinski definition) is 3. The SMILES string of the molecule is C[C@@H]1CN(C(=O)C2CC23CCN(C/C=C/c2ccccc2)CC3)C[C@H](C)O1. The summed E-state index contributed by atoms with van der Waals surface area (Å²) in [5.41, 5.74) is 1.55. The molecule has 1 aromatic carbocycles. The number of nitrogens with zero attached hydrogens (tertiary/aromatic N) is 2. The van der Waals surface area contributed by atoms with Gasteiger partial charge in [0.15, 0.2) is 0 Å². The van der Waals surface area contributed by atoms with Crippen molar-refractivity contribution in [2.75, 3.05) is 32.7 Å². The number of amides is 1. The number of hydrogen-bond donors (Lipinski definition) is 0. The highest BCUT2D eigenvalue weighted by Crippen LogP contribution is 2.60. The van der Waals surface area contributed by atoms with Gasteiger partial charge in [-0.05, 0) is 57.2 Å². The maximum absolute atomic E-state index is 13.0. The molecule has 0 bridgehead atoms. The zero-order chi connectivity index (χ0) is 18.9. The lowest BCUT2D eigenvalue weighted by Gasteiger charge is -2.37. The first kappa shape index (κ1) is 18.7. The molecule has 3 fully saturated rings. The van der Waals surface area contributed by atoms with E-state index in [1.807, 2.05) is 6.07 Å². The van der Waals surface area contributed by atoms with Gasteiger partial charge in [-0.1, -0.05) is 42.5 Å². The predicted molar refractivity (Wildman–Crippen MR) is 108 cm³/mol. The van der Waals surface area contributed by atoms with Gasteiger partial charge in [0.2, 0.25) is 5.91 Å². The average molecular weight is 369 g/mol. The third kappa shape index (κ3) is 4.27. The quantitative estimate of drug-likeness (QED) is 0.816. The first-order valence-electron chi connectivity index (χ1n) is 10.4. The van der Waals surface area contributed by atoms with Crippen molar-refractivity contribution in [2.24, 2.45) is 11.3 Å². The van der Waals surface area contributed by atoms with Crippen molar-refractivity contribution in [3.63, 3.8) is 0 Å². The first-order chi connectivity index (χ1) is 13.1. The van der Waals surface area contributed by atoms with E-state index in [-0.39, 0.29) is 18.1 Å². The van der Waals surface area contributed by atoms with Crippen molar-refractivity contribution >= 4 is 12.0 Å². The predicted octanol–water partition coefficient (Wildman–Crippen LogP) is 3.44. The van der Waals surface area contributed by atoms with E-state index in [2.05, 4.69) is 60.1 Å². The Kier molecular flexibility index (Phi) is 5.38. The summed E-state index contributed by atoms with van der Waals surface area (Å²) >= 11 is 0. The molecule has 0 aromatic heterocycles. The van der Waals surface area contributed by atoms with Gasteiger partial charge in [0, 0.05) is 25.6 Å². The molecule has 1 unspecified atom stereocenters. The van der Waals surface area contributed by atoms with Gasteiger partial charge in [-0.3, -0.25) is 9.69 Å². The number of morpholine rings is 1. The second-order valence-electron chi connectivity index (χ2n) is 8.73. The fourth-order valence-electron chi connectivity index (χ4n) is 4.91. The smallest absolute Gasteiger partial charge is 0.226 e. The maximum atomic E-state index is 13.0. The largest absolute Gasteiger partial charge is 0.372 e. The Morgan fingerprint density at radius 1 is 1.15 bits per heavy atom. The Hall–Kier alpha value is -1.65. The van der Waals surface area contributed by atoms with Crippen LogP contribution in [-0.2, 0) is 9.53 Å². The van der Waals surface area contributed by atoms with Crippen LogP contribution in [0, 0.1) is 11.3 Å². The Morgan fingerprint density at radius 2 is 1.81 bits per heavy atom. The molecule has 1 aliphatic carbocycles. The number of piperidine rings is 1. The molecule has 2 heterocycles. The van der Waals surface area contributed by atoms with Gasteiger partial charge in [-0.2, -0.15) is 0 Å². The van der Waals surface area contributed by atoms with Crippen molar-refractivity contribution in [3.8, 4) is 0 Å². The van der Waals surface area contributed by atoms with Crippen LogP contribution in [0.5, 0.6) is 0 Å². The molecule has 1 aromatic rings. The molecule has 3 aliphatic rings. The fraction of sp³-hybridized carbons (Fsp3) is 0.609. The van der Waals surface area contributed by atoms with Crippen molar-refractivity contribution in [2.45, 2.75) is 45.3 Å². The Bertz CT molecular complexity index is 669. The summed E-state index contributed by atoms with van der Waals surface area (Å²) in [6.07, 6.45) is 8.21. The van der Waals surface area contributed by atoms with E-state index in [0.717, 1.165) is 52.0 Å². The molecule has 2 aliphatic heterocycles. The van der Waals surface area contributed by atoms with Crippen LogP contribution in [-0.4, -0.2) is 60.6 Å². The average Bonchev–Trinajstić information content (AvgIpc) is 3.36. The molecule has 4 rings (SSSR count). The van der Waals surface area contributed by atoms with Crippen molar-refractivity contribution in [1.29, 1.82) is 0 Å². The van der Waals surface area contributed by atoms with E-state index < -0.39 is 0 Å². The summed E-state index contributed by atoms with van der Waals surface area (Å²) in [4.78, 5) is 17.6. The van der Waals surface area contributed by atoms with E-state index in [4.69, 9.17) is 4.74 Å². The minimum absolute atomic E-state index is 0.158. The number of rotatable bonds is 4. The normalized spacial score (nSPS) is 30.7. The molecule has 4 nitrogen and oxygen atoms in total. The lowest BCUT2D eigenvalue weighted by Crippen LogP contribution is -2.49. The molecule has 2 saturated heterocycles. The number of ether oxygens (including phenoxy) is 1. The Labute approximate surface area is 163 Å². The third-order valence-corrected chi connectivity index (χ3v) is 6.54. The second kappa shape index (κ2) is 7.76. The van der Waals surface area contributed by atoms with E-state index in [1.54, 1.807) is 0 Å². The molecular weight excluding hydrogens is 336 g/mol. The van der Waals surface area contributed by atoms with Gasteiger partial charge in [-0.15, -0.1) is 0 Å². The molecule has 4 heteroatoms. The number of carbonyl (C=O) groups excluding carboxylic acids is 1. The van der Waals surface area contributed by atoms with Crippen LogP contribution in [0.25, 0.3) is 6.08 Å². The molecule has 3 atom stereocenters. The van der Waals surface area contributed by atoms with Crippen LogP contribution < -0.4 is 0 Å². The molecule has 1 saturated carbocycles. The summed E-state index contributed by atoms with van der Waals surface area (Å²) < 4.78 is 5.78. The molecule has 146 valence electrons. The van der Waals surface area contributed by atoms with Crippen molar-refractivity contribution in [3.05, 3.63) is 42.0 Å². The monoisotopic (exact) mass is 368 g/mol. The molecule has 1 spiro atoms. The van der Waals surface area contributed by atoms with Gasteiger partial charge < -0.3 is 9.64 Å². The van der Waals surface area contributed by atoms with Crippen molar-refractivity contribution in [1.82, 2.24) is 9.80 Å². The Balaban J connectivity index is 1.25. The molecule has 1 amide bonds. The summed E-state index contributed by atoms with van der Waals surface area (Å²) in [5.74, 6) is 0.645. The fourth-order valence-corrected chi connectivity index (χ4v) is 4.91. The topological polar surface area (TPSA) is 32.8 Å². The number of likely N-dealkylation sites (tertiary alicyclic amines) is 1. The number of carbonyl (C=O) groups is 1. The molecule has 0 N–H and O–H groups in total. The van der Waals surface area contributed by atoms with Gasteiger partial charge in [-0.25, -0.2) is 0 Å². The first-order valence-corrected chi connectivity index (χ1v) is 10.4. The second-order valence-corrected chi connectivity index (χ2v) is 8.73. The van der Waals surface area contributed by atoms with Crippen LogP contribution in [0.4, 0.5) is 0 Å². The zero-order valence-corrected chi connectivity index (χ0v) is 16.6. The Morgan fingerprint density at radius 3 is 2.48 bits per heavy atom. The van der Waals surface area contributed by atoms with E-state index in [9.17, 15) is 4.79 Å². The van der Waals surface area contributed by atoms with E-state index >= 15 is 0 Å². The maximum Gasteiger partial charge on any atom is 0.226 e. The summed E-state index contributed by atoms with van der Waals surface area (Å²) in [6, 6.07) is 10.5. The summed E-state index contributed by atoms with van der Waals surface area (Å²) in [5, 5.41) is 0. The molecule has 27 heavy (non-hydrogen) atoms. The van der Waals surface area contributed by atoms with Crippen LogP contribution in [0.2, 0.25) is 0 Å². The minimum Gasteiger partial charge on any atom is -0.372 e.